The molecule has 0 bridgehead atoms. The van der Waals surface area contributed by atoms with Crippen LogP contribution in [-0.2, 0) is 13.1 Å². The van der Waals surface area contributed by atoms with Crippen molar-refractivity contribution in [1.82, 2.24) is 15.2 Å². The molecule has 0 unspecified atom stereocenters. The largest absolute Gasteiger partial charge is 0.313 e. The third-order valence-electron chi connectivity index (χ3n) is 4.25. The highest BCUT2D eigenvalue weighted by atomic mass is 15.1. The van der Waals surface area contributed by atoms with Crippen LogP contribution in [0.2, 0.25) is 0 Å². The Labute approximate surface area is 123 Å². The van der Waals surface area contributed by atoms with Gasteiger partial charge in [0, 0.05) is 19.3 Å². The van der Waals surface area contributed by atoms with Crippen LogP contribution in [0.4, 0.5) is 0 Å². The molecule has 1 aromatic heterocycles. The SMILES string of the molecule is CCCC1CCN(Cc2ccc(CNCC)cn2)CC1. The first-order chi connectivity index (χ1) is 9.81. The number of pyridine rings is 1. The molecule has 1 N–H and O–H groups in total. The second-order valence-corrected chi connectivity index (χ2v) is 5.95. The lowest BCUT2D eigenvalue weighted by Gasteiger charge is -2.31. The van der Waals surface area contributed by atoms with Crippen molar-refractivity contribution >= 4 is 0 Å². The van der Waals surface area contributed by atoms with Gasteiger partial charge in [0.15, 0.2) is 0 Å². The number of piperidine rings is 1. The molecule has 2 rings (SSSR count). The van der Waals surface area contributed by atoms with E-state index in [0.29, 0.717) is 0 Å². The van der Waals surface area contributed by atoms with Crippen LogP contribution in [0.3, 0.4) is 0 Å². The van der Waals surface area contributed by atoms with Crippen molar-refractivity contribution in [2.75, 3.05) is 19.6 Å². The summed E-state index contributed by atoms with van der Waals surface area (Å²) in [5, 5.41) is 3.33. The molecule has 1 aromatic rings. The Morgan fingerprint density at radius 3 is 2.65 bits per heavy atom. The van der Waals surface area contributed by atoms with Crippen LogP contribution in [0.1, 0.15) is 50.8 Å². The van der Waals surface area contributed by atoms with Crippen LogP contribution in [-0.4, -0.2) is 29.5 Å². The van der Waals surface area contributed by atoms with Gasteiger partial charge in [-0.25, -0.2) is 0 Å². The second-order valence-electron chi connectivity index (χ2n) is 5.95. The highest BCUT2D eigenvalue weighted by Gasteiger charge is 2.18. The highest BCUT2D eigenvalue weighted by Crippen LogP contribution is 2.22. The predicted octanol–water partition coefficient (Wildman–Crippen LogP) is 3.20. The molecule has 0 amide bonds. The molecule has 1 saturated heterocycles. The van der Waals surface area contributed by atoms with E-state index < -0.39 is 0 Å². The lowest BCUT2D eigenvalue weighted by Crippen LogP contribution is -2.33. The third-order valence-corrected chi connectivity index (χ3v) is 4.25. The van der Waals surface area contributed by atoms with Crippen molar-refractivity contribution in [3.63, 3.8) is 0 Å². The van der Waals surface area contributed by atoms with Gasteiger partial charge in [-0.3, -0.25) is 9.88 Å². The molecule has 0 aliphatic carbocycles. The molecule has 3 heteroatoms. The van der Waals surface area contributed by atoms with Crippen LogP contribution in [0.25, 0.3) is 0 Å². The van der Waals surface area contributed by atoms with Gasteiger partial charge >= 0.3 is 0 Å². The summed E-state index contributed by atoms with van der Waals surface area (Å²) in [6, 6.07) is 4.39. The summed E-state index contributed by atoms with van der Waals surface area (Å²) in [5.74, 6) is 0.965. The minimum Gasteiger partial charge on any atom is -0.313 e. The van der Waals surface area contributed by atoms with Crippen LogP contribution >= 0.6 is 0 Å². The van der Waals surface area contributed by atoms with Crippen molar-refractivity contribution in [2.45, 2.75) is 52.6 Å². The Morgan fingerprint density at radius 2 is 2.05 bits per heavy atom. The molecule has 20 heavy (non-hydrogen) atoms. The van der Waals surface area contributed by atoms with E-state index in [1.165, 1.54) is 50.0 Å². The first kappa shape index (κ1) is 15.5. The molecule has 3 nitrogen and oxygen atoms in total. The van der Waals surface area contributed by atoms with Crippen LogP contribution in [0.15, 0.2) is 18.3 Å². The van der Waals surface area contributed by atoms with Gasteiger partial charge in [0.25, 0.3) is 0 Å². The number of hydrogen-bond donors (Lipinski definition) is 1. The van der Waals surface area contributed by atoms with Gasteiger partial charge in [0.1, 0.15) is 0 Å². The van der Waals surface area contributed by atoms with Gasteiger partial charge in [-0.15, -0.1) is 0 Å². The number of hydrogen-bond acceptors (Lipinski definition) is 3. The fraction of sp³-hybridized carbons (Fsp3) is 0.706. The summed E-state index contributed by atoms with van der Waals surface area (Å²) in [5.41, 5.74) is 2.48. The average molecular weight is 275 g/mol. The van der Waals surface area contributed by atoms with E-state index in [4.69, 9.17) is 0 Å². The normalized spacial score (nSPS) is 17.5. The molecule has 1 aliphatic rings. The van der Waals surface area contributed by atoms with E-state index in [2.05, 4.69) is 41.2 Å². The quantitative estimate of drug-likeness (QED) is 0.828. The summed E-state index contributed by atoms with van der Waals surface area (Å²) >= 11 is 0. The Kier molecular flexibility index (Phi) is 6.48. The lowest BCUT2D eigenvalue weighted by molar-refractivity contribution is 0.170. The van der Waals surface area contributed by atoms with Crippen LogP contribution in [0, 0.1) is 5.92 Å². The summed E-state index contributed by atoms with van der Waals surface area (Å²) < 4.78 is 0. The van der Waals surface area contributed by atoms with Crippen molar-refractivity contribution in [2.24, 2.45) is 5.92 Å². The molecule has 0 aromatic carbocycles. The number of nitrogens with zero attached hydrogens (tertiary/aromatic N) is 2. The average Bonchev–Trinajstić information content (AvgIpc) is 2.49. The molecular formula is C17H29N3. The van der Waals surface area contributed by atoms with Crippen molar-refractivity contribution < 1.29 is 0 Å². The Bertz CT molecular complexity index is 366. The standard InChI is InChI=1S/C17H29N3/c1-3-5-15-8-10-20(11-9-15)14-17-7-6-16(13-19-17)12-18-4-2/h6-7,13,15,18H,3-5,8-12,14H2,1-2H3. The van der Waals surface area contributed by atoms with Crippen LogP contribution < -0.4 is 5.32 Å². The second kappa shape index (κ2) is 8.38. The summed E-state index contributed by atoms with van der Waals surface area (Å²) in [4.78, 5) is 7.15. The maximum Gasteiger partial charge on any atom is 0.0544 e. The van der Waals surface area contributed by atoms with Gasteiger partial charge in [-0.1, -0.05) is 32.8 Å². The summed E-state index contributed by atoms with van der Waals surface area (Å²) in [6.45, 7) is 9.85. The van der Waals surface area contributed by atoms with E-state index in [1.807, 2.05) is 6.20 Å². The van der Waals surface area contributed by atoms with E-state index >= 15 is 0 Å². The van der Waals surface area contributed by atoms with Crippen molar-refractivity contribution in [3.8, 4) is 0 Å². The van der Waals surface area contributed by atoms with Gasteiger partial charge in [0.2, 0.25) is 0 Å². The summed E-state index contributed by atoms with van der Waals surface area (Å²) in [6.07, 6.45) is 7.49. The fourth-order valence-corrected chi connectivity index (χ4v) is 2.99. The topological polar surface area (TPSA) is 28.2 Å². The van der Waals surface area contributed by atoms with Crippen molar-refractivity contribution in [3.05, 3.63) is 29.6 Å². The molecule has 1 aliphatic heterocycles. The minimum atomic E-state index is 0.923. The molecule has 0 saturated carbocycles. The summed E-state index contributed by atoms with van der Waals surface area (Å²) in [7, 11) is 0. The number of nitrogens with one attached hydrogen (secondary N) is 1. The number of aromatic nitrogens is 1. The Morgan fingerprint density at radius 1 is 1.25 bits per heavy atom. The molecule has 0 spiro atoms. The molecule has 0 atom stereocenters. The van der Waals surface area contributed by atoms with Gasteiger partial charge in [0.05, 0.1) is 5.69 Å². The van der Waals surface area contributed by atoms with Gasteiger partial charge < -0.3 is 5.32 Å². The number of rotatable bonds is 7. The zero-order chi connectivity index (χ0) is 14.2. The molecule has 2 heterocycles. The van der Waals surface area contributed by atoms with Gasteiger partial charge in [-0.05, 0) is 50.0 Å². The zero-order valence-electron chi connectivity index (χ0n) is 13.1. The van der Waals surface area contributed by atoms with Gasteiger partial charge in [-0.2, -0.15) is 0 Å². The lowest BCUT2D eigenvalue weighted by atomic mass is 9.92. The molecule has 0 radical (unpaired) electrons. The Balaban J connectivity index is 1.76. The molecular weight excluding hydrogens is 246 g/mol. The van der Waals surface area contributed by atoms with E-state index in [-0.39, 0.29) is 0 Å². The van der Waals surface area contributed by atoms with E-state index in [9.17, 15) is 0 Å². The first-order valence-corrected chi connectivity index (χ1v) is 8.18. The van der Waals surface area contributed by atoms with E-state index in [1.54, 1.807) is 0 Å². The maximum absolute atomic E-state index is 4.60. The molecule has 1 fully saturated rings. The zero-order valence-corrected chi connectivity index (χ0v) is 13.1. The fourth-order valence-electron chi connectivity index (χ4n) is 2.99. The smallest absolute Gasteiger partial charge is 0.0544 e. The van der Waals surface area contributed by atoms with E-state index in [0.717, 1.165) is 25.6 Å². The Hall–Kier alpha value is -0.930. The first-order valence-electron chi connectivity index (χ1n) is 8.18. The minimum absolute atomic E-state index is 0.923. The van der Waals surface area contributed by atoms with Crippen molar-refractivity contribution in [1.29, 1.82) is 0 Å². The highest BCUT2D eigenvalue weighted by molar-refractivity contribution is 5.14. The van der Waals surface area contributed by atoms with Crippen LogP contribution in [0.5, 0.6) is 0 Å². The maximum atomic E-state index is 4.60. The molecule has 112 valence electrons. The third kappa shape index (κ3) is 4.88. The number of likely N-dealkylation sites (tertiary alicyclic amines) is 1. The monoisotopic (exact) mass is 275 g/mol. The predicted molar refractivity (Wildman–Crippen MR) is 84.5 cm³/mol.